The highest BCUT2D eigenvalue weighted by molar-refractivity contribution is 7.81. The second-order valence-corrected chi connectivity index (χ2v) is 4.80. The summed E-state index contributed by atoms with van der Waals surface area (Å²) in [6, 6.07) is 1.46. The molecule has 0 aliphatic carbocycles. The van der Waals surface area contributed by atoms with Gasteiger partial charge in [-0.15, -0.1) is 11.3 Å². The lowest BCUT2D eigenvalue weighted by molar-refractivity contribution is 0.0692. The van der Waals surface area contributed by atoms with Crippen LogP contribution in [0.15, 0.2) is 17.8 Å². The monoisotopic (exact) mass is 287 g/mol. The zero-order valence-corrected chi connectivity index (χ0v) is 10.6. The molecule has 1 N–H and O–H groups in total. The molecule has 0 spiro atoms. The molecule has 0 fully saturated rings. The van der Waals surface area contributed by atoms with Gasteiger partial charge in [0.25, 0.3) is 0 Å². The van der Waals surface area contributed by atoms with Crippen LogP contribution in [-0.4, -0.2) is 34.6 Å². The normalized spacial score (nSPS) is 12.3. The molecule has 0 aliphatic rings. The van der Waals surface area contributed by atoms with E-state index in [0.29, 0.717) is 0 Å². The number of rotatable bonds is 4. The minimum absolute atomic E-state index is 0.00506. The van der Waals surface area contributed by atoms with Gasteiger partial charge in [-0.1, -0.05) is 0 Å². The molecule has 0 saturated carbocycles. The first-order valence-corrected chi connectivity index (χ1v) is 6.47. The first-order chi connectivity index (χ1) is 8.50. The molecule has 0 bridgehead atoms. The Bertz CT molecular complexity index is 608. The lowest BCUT2D eigenvalue weighted by Crippen LogP contribution is -2.21. The van der Waals surface area contributed by atoms with Crippen LogP contribution in [0.25, 0.3) is 0 Å². The van der Waals surface area contributed by atoms with E-state index in [-0.39, 0.29) is 16.5 Å². The molecule has 0 saturated heterocycles. The summed E-state index contributed by atoms with van der Waals surface area (Å²) < 4.78 is 24.7. The maximum absolute atomic E-state index is 11.2. The minimum Gasteiger partial charge on any atom is -0.755 e. The number of carboxylic acid groups (broad SMARTS) is 1. The number of nitrogens with zero attached hydrogens (tertiary/aromatic N) is 4. The molecule has 96 valence electrons. The number of anilines is 2. The lowest BCUT2D eigenvalue weighted by Gasteiger charge is -2.22. The molecule has 0 amide bonds. The van der Waals surface area contributed by atoms with Crippen molar-refractivity contribution >= 4 is 39.4 Å². The fraction of sp³-hybridized carbons (Fsp3) is 0.125. The molecule has 2 aromatic heterocycles. The van der Waals surface area contributed by atoms with E-state index in [2.05, 4.69) is 10.1 Å². The van der Waals surface area contributed by atoms with Crippen LogP contribution in [-0.2, 0) is 18.3 Å². The summed E-state index contributed by atoms with van der Waals surface area (Å²) in [7, 11) is 1.63. The van der Waals surface area contributed by atoms with Gasteiger partial charge in [0, 0.05) is 19.3 Å². The van der Waals surface area contributed by atoms with Gasteiger partial charge in [-0.2, -0.15) is 5.10 Å². The van der Waals surface area contributed by atoms with E-state index >= 15 is 0 Å². The number of hydrogen-bond donors (Lipinski definition) is 1. The predicted octanol–water partition coefficient (Wildman–Crippen LogP) is 0.507. The van der Waals surface area contributed by atoms with E-state index < -0.39 is 17.2 Å². The second kappa shape index (κ2) is 4.84. The van der Waals surface area contributed by atoms with Crippen LogP contribution >= 0.6 is 11.3 Å². The molecule has 2 aromatic rings. The van der Waals surface area contributed by atoms with Gasteiger partial charge in [0.1, 0.15) is 5.00 Å². The standard InChI is InChI=1S/C8H8N4O4S2/c1-11-3-2-5(10-11)12(18(15)16)7-6(8(13)14)9-4-17-7/h2-4H,1H3,(H,13,14)(H,15,16)/p-1. The SMILES string of the molecule is Cn1ccc(N(c2scnc2C(=O)O)S(=O)[O-])n1. The zero-order chi connectivity index (χ0) is 13.3. The van der Waals surface area contributed by atoms with E-state index in [1.165, 1.54) is 16.3 Å². The van der Waals surface area contributed by atoms with E-state index in [1.54, 1.807) is 13.2 Å². The molecule has 1 unspecified atom stereocenters. The smallest absolute Gasteiger partial charge is 0.357 e. The fourth-order valence-corrected chi connectivity index (χ4v) is 2.77. The predicted molar refractivity (Wildman–Crippen MR) is 63.3 cm³/mol. The summed E-state index contributed by atoms with van der Waals surface area (Å²) in [5.41, 5.74) is 0.941. The van der Waals surface area contributed by atoms with E-state index in [4.69, 9.17) is 5.11 Å². The molecule has 2 heterocycles. The Labute approximate surface area is 108 Å². The Morgan fingerprint density at radius 1 is 1.67 bits per heavy atom. The number of aromatic carboxylic acids is 1. The number of carbonyl (C=O) groups is 1. The second-order valence-electron chi connectivity index (χ2n) is 3.17. The quantitative estimate of drug-likeness (QED) is 0.820. The molecule has 0 aliphatic heterocycles. The Balaban J connectivity index is 2.52. The maximum atomic E-state index is 11.2. The topological polar surface area (TPSA) is 111 Å². The molecular weight excluding hydrogens is 280 g/mol. The van der Waals surface area contributed by atoms with Crippen molar-refractivity contribution in [3.63, 3.8) is 0 Å². The maximum Gasteiger partial charge on any atom is 0.357 e. The van der Waals surface area contributed by atoms with Crippen molar-refractivity contribution in [3.05, 3.63) is 23.5 Å². The van der Waals surface area contributed by atoms with Crippen LogP contribution in [0.4, 0.5) is 10.8 Å². The number of hydrogen-bond acceptors (Lipinski definition) is 6. The van der Waals surface area contributed by atoms with Crippen molar-refractivity contribution in [2.24, 2.45) is 7.05 Å². The summed E-state index contributed by atoms with van der Waals surface area (Å²) in [5, 5.41) is 12.8. The van der Waals surface area contributed by atoms with Gasteiger partial charge in [0.15, 0.2) is 11.5 Å². The summed E-state index contributed by atoms with van der Waals surface area (Å²) in [4.78, 5) is 14.6. The molecule has 2 rings (SSSR count). The average molecular weight is 287 g/mol. The number of aromatic nitrogens is 3. The summed E-state index contributed by atoms with van der Waals surface area (Å²) in [6.07, 6.45) is 1.55. The fourth-order valence-electron chi connectivity index (χ4n) is 1.29. The van der Waals surface area contributed by atoms with Gasteiger partial charge in [0.05, 0.1) is 16.8 Å². The van der Waals surface area contributed by atoms with Gasteiger partial charge >= 0.3 is 5.97 Å². The van der Waals surface area contributed by atoms with Gasteiger partial charge in [0.2, 0.25) is 0 Å². The van der Waals surface area contributed by atoms with Crippen molar-refractivity contribution in [2.45, 2.75) is 0 Å². The van der Waals surface area contributed by atoms with Crippen molar-refractivity contribution in [1.82, 2.24) is 14.8 Å². The van der Waals surface area contributed by atoms with Crippen LogP contribution in [0.5, 0.6) is 0 Å². The molecular formula is C8H7N4O4S2-. The third kappa shape index (κ3) is 2.25. The Hall–Kier alpha value is -1.78. The van der Waals surface area contributed by atoms with Crippen molar-refractivity contribution in [3.8, 4) is 0 Å². The Kier molecular flexibility index (Phi) is 3.41. The largest absolute Gasteiger partial charge is 0.755 e. The third-order valence-corrected chi connectivity index (χ3v) is 3.59. The summed E-state index contributed by atoms with van der Waals surface area (Å²) in [5.74, 6) is -1.18. The first-order valence-electron chi connectivity index (χ1n) is 4.56. The van der Waals surface area contributed by atoms with Crippen LogP contribution in [0.1, 0.15) is 10.5 Å². The van der Waals surface area contributed by atoms with Crippen LogP contribution < -0.4 is 4.31 Å². The highest BCUT2D eigenvalue weighted by Crippen LogP contribution is 2.32. The van der Waals surface area contributed by atoms with Gasteiger partial charge in [-0.05, 0) is 0 Å². The molecule has 0 aromatic carbocycles. The number of carboxylic acids is 1. The van der Waals surface area contributed by atoms with Gasteiger partial charge in [-0.25, -0.2) is 14.1 Å². The third-order valence-electron chi connectivity index (χ3n) is 1.99. The van der Waals surface area contributed by atoms with Crippen LogP contribution in [0.2, 0.25) is 0 Å². The molecule has 10 heteroatoms. The molecule has 18 heavy (non-hydrogen) atoms. The Morgan fingerprint density at radius 3 is 2.89 bits per heavy atom. The van der Waals surface area contributed by atoms with Crippen molar-refractivity contribution < 1.29 is 18.7 Å². The van der Waals surface area contributed by atoms with E-state index in [9.17, 15) is 13.6 Å². The average Bonchev–Trinajstić information content (AvgIpc) is 2.88. The highest BCUT2D eigenvalue weighted by atomic mass is 32.2. The van der Waals surface area contributed by atoms with Crippen molar-refractivity contribution in [2.75, 3.05) is 4.31 Å². The molecule has 0 radical (unpaired) electrons. The number of thiazole rings is 1. The summed E-state index contributed by atoms with van der Waals surface area (Å²) >= 11 is -1.77. The lowest BCUT2D eigenvalue weighted by atomic mass is 10.4. The Morgan fingerprint density at radius 2 is 2.39 bits per heavy atom. The molecule has 1 atom stereocenters. The van der Waals surface area contributed by atoms with Crippen LogP contribution in [0, 0.1) is 0 Å². The van der Waals surface area contributed by atoms with E-state index in [1.807, 2.05) is 0 Å². The van der Waals surface area contributed by atoms with Crippen LogP contribution in [0.3, 0.4) is 0 Å². The van der Waals surface area contributed by atoms with Crippen molar-refractivity contribution in [1.29, 1.82) is 0 Å². The highest BCUT2D eigenvalue weighted by Gasteiger charge is 2.23. The minimum atomic E-state index is -2.68. The number of aryl methyl sites for hydroxylation is 1. The summed E-state index contributed by atoms with van der Waals surface area (Å²) in [6.45, 7) is 0. The van der Waals surface area contributed by atoms with Gasteiger partial charge < -0.3 is 9.66 Å². The molecule has 8 nitrogen and oxygen atoms in total. The zero-order valence-electron chi connectivity index (χ0n) is 9.01. The van der Waals surface area contributed by atoms with Gasteiger partial charge in [-0.3, -0.25) is 8.89 Å². The first kappa shape index (κ1) is 12.7. The van der Waals surface area contributed by atoms with E-state index in [0.717, 1.165) is 15.6 Å².